The van der Waals surface area contributed by atoms with E-state index in [1.807, 2.05) is 109 Å². The molecule has 6 rings (SSSR count). The highest BCUT2D eigenvalue weighted by Crippen LogP contribution is 2.29. The molecule has 192 valence electrons. The fourth-order valence-electron chi connectivity index (χ4n) is 4.53. The maximum Gasteiger partial charge on any atom is 0.193 e. The minimum atomic E-state index is -0.102. The average molecular weight is 519 g/mol. The van der Waals surface area contributed by atoms with Gasteiger partial charge in [-0.1, -0.05) is 109 Å². The molecule has 0 N–H and O–H groups in total. The zero-order chi connectivity index (χ0) is 27.1. The monoisotopic (exact) mass is 518 g/mol. The molecule has 40 heavy (non-hydrogen) atoms. The molecule has 6 aromatic carbocycles. The Labute approximate surface area is 233 Å². The molecule has 0 spiro atoms. The van der Waals surface area contributed by atoms with Crippen molar-refractivity contribution in [2.24, 2.45) is 0 Å². The first-order valence-corrected chi connectivity index (χ1v) is 13.1. The maximum absolute atomic E-state index is 13.3. The van der Waals surface area contributed by atoms with Gasteiger partial charge in [-0.25, -0.2) is 0 Å². The van der Waals surface area contributed by atoms with Crippen molar-refractivity contribution in [2.75, 3.05) is 0 Å². The summed E-state index contributed by atoms with van der Waals surface area (Å²) in [5.41, 5.74) is 5.62. The second kappa shape index (κ2) is 11.5. The lowest BCUT2D eigenvalue weighted by Crippen LogP contribution is -2.01. The van der Waals surface area contributed by atoms with Crippen molar-refractivity contribution in [3.8, 4) is 45.3 Å². The van der Waals surface area contributed by atoms with Gasteiger partial charge in [-0.3, -0.25) is 4.79 Å². The molecule has 0 aromatic heterocycles. The van der Waals surface area contributed by atoms with Crippen LogP contribution in [0.25, 0.3) is 22.3 Å². The third kappa shape index (κ3) is 5.85. The zero-order valence-electron chi connectivity index (χ0n) is 21.7. The predicted octanol–water partition coefficient (Wildman–Crippen LogP) is 9.84. The van der Waals surface area contributed by atoms with E-state index in [9.17, 15) is 4.79 Å². The van der Waals surface area contributed by atoms with Gasteiger partial charge in [0.15, 0.2) is 5.78 Å². The highest BCUT2D eigenvalue weighted by atomic mass is 16.5. The molecule has 0 aliphatic carbocycles. The van der Waals surface area contributed by atoms with Crippen LogP contribution in [0.2, 0.25) is 0 Å². The van der Waals surface area contributed by atoms with E-state index in [0.717, 1.165) is 22.3 Å². The van der Waals surface area contributed by atoms with Gasteiger partial charge in [-0.2, -0.15) is 0 Å². The molecular weight excluding hydrogens is 492 g/mol. The van der Waals surface area contributed by atoms with E-state index in [4.69, 9.17) is 9.47 Å². The van der Waals surface area contributed by atoms with E-state index in [0.29, 0.717) is 34.1 Å². The number of carbonyl (C=O) groups is 1. The van der Waals surface area contributed by atoms with E-state index in [-0.39, 0.29) is 5.78 Å². The molecule has 3 heteroatoms. The molecule has 0 aliphatic heterocycles. The van der Waals surface area contributed by atoms with Crippen LogP contribution in [0.3, 0.4) is 0 Å². The summed E-state index contributed by atoms with van der Waals surface area (Å²) in [6.45, 7) is 0. The largest absolute Gasteiger partial charge is 0.457 e. The topological polar surface area (TPSA) is 35.5 Å². The number of ketones is 1. The summed E-state index contributed by atoms with van der Waals surface area (Å²) in [7, 11) is 0. The summed E-state index contributed by atoms with van der Waals surface area (Å²) in [4.78, 5) is 13.3. The highest BCUT2D eigenvalue weighted by Gasteiger charge is 2.12. The molecular formula is C37H26O3. The van der Waals surface area contributed by atoms with Crippen molar-refractivity contribution in [1.29, 1.82) is 0 Å². The van der Waals surface area contributed by atoms with Gasteiger partial charge >= 0.3 is 0 Å². The Bertz CT molecular complexity index is 1590. The third-order valence-corrected chi connectivity index (χ3v) is 6.59. The fourth-order valence-corrected chi connectivity index (χ4v) is 4.53. The second-order valence-corrected chi connectivity index (χ2v) is 9.37. The SMILES string of the molecule is O=C(c1cccc(Oc2ccc(-c3ccccc3)cc2)c1)c1cccc(Oc2ccc(-c3ccccc3)cc2)c1. The van der Waals surface area contributed by atoms with Gasteiger partial charge in [0.05, 0.1) is 0 Å². The van der Waals surface area contributed by atoms with Crippen molar-refractivity contribution < 1.29 is 14.3 Å². The van der Waals surface area contributed by atoms with Crippen LogP contribution in [-0.4, -0.2) is 5.78 Å². The molecule has 0 atom stereocenters. The number of benzene rings is 6. The molecule has 0 bridgehead atoms. The first-order chi connectivity index (χ1) is 19.7. The minimum absolute atomic E-state index is 0.102. The lowest BCUT2D eigenvalue weighted by molar-refractivity contribution is 0.103. The number of carbonyl (C=O) groups excluding carboxylic acids is 1. The Kier molecular flexibility index (Phi) is 7.19. The van der Waals surface area contributed by atoms with Crippen LogP contribution in [0, 0.1) is 0 Å². The van der Waals surface area contributed by atoms with Crippen LogP contribution < -0.4 is 9.47 Å². The van der Waals surface area contributed by atoms with Crippen LogP contribution in [0.1, 0.15) is 15.9 Å². The van der Waals surface area contributed by atoms with E-state index < -0.39 is 0 Å². The number of ether oxygens (including phenoxy) is 2. The zero-order valence-corrected chi connectivity index (χ0v) is 21.7. The first kappa shape index (κ1) is 24.9. The summed E-state index contributed by atoms with van der Waals surface area (Å²) in [5, 5.41) is 0. The molecule has 0 fully saturated rings. The first-order valence-electron chi connectivity index (χ1n) is 13.1. The Morgan fingerprint density at radius 1 is 0.350 bits per heavy atom. The van der Waals surface area contributed by atoms with E-state index >= 15 is 0 Å². The summed E-state index contributed by atoms with van der Waals surface area (Å²) in [6.07, 6.45) is 0. The number of hydrogen-bond donors (Lipinski definition) is 0. The van der Waals surface area contributed by atoms with Crippen molar-refractivity contribution in [1.82, 2.24) is 0 Å². The lowest BCUT2D eigenvalue weighted by atomic mass is 10.0. The molecule has 0 amide bonds. The summed E-state index contributed by atoms with van der Waals surface area (Å²) < 4.78 is 12.1. The van der Waals surface area contributed by atoms with Crippen molar-refractivity contribution in [3.05, 3.63) is 169 Å². The molecule has 0 heterocycles. The maximum atomic E-state index is 13.3. The molecule has 3 nitrogen and oxygen atoms in total. The van der Waals surface area contributed by atoms with Crippen LogP contribution in [0.5, 0.6) is 23.0 Å². The summed E-state index contributed by atoms with van der Waals surface area (Å²) >= 11 is 0. The standard InChI is InChI=1S/C37H26O3/c38-37(31-13-7-15-35(25-31)39-33-21-17-29(18-22-33)27-9-3-1-4-10-27)32-14-8-16-36(26-32)40-34-23-19-30(20-24-34)28-11-5-2-6-12-28/h1-26H. The third-order valence-electron chi connectivity index (χ3n) is 6.59. The Balaban J connectivity index is 1.14. The average Bonchev–Trinajstić information content (AvgIpc) is 3.03. The normalized spacial score (nSPS) is 10.6. The van der Waals surface area contributed by atoms with Crippen LogP contribution in [0.4, 0.5) is 0 Å². The van der Waals surface area contributed by atoms with Crippen molar-refractivity contribution >= 4 is 5.78 Å². The second-order valence-electron chi connectivity index (χ2n) is 9.37. The smallest absolute Gasteiger partial charge is 0.193 e. The Morgan fingerprint density at radius 2 is 0.725 bits per heavy atom. The molecule has 0 unspecified atom stereocenters. The number of rotatable bonds is 8. The van der Waals surface area contributed by atoms with Crippen LogP contribution in [0.15, 0.2) is 158 Å². The van der Waals surface area contributed by atoms with Crippen LogP contribution >= 0.6 is 0 Å². The Hall–Kier alpha value is -5.41. The molecule has 6 aromatic rings. The quantitative estimate of drug-likeness (QED) is 0.188. The highest BCUT2D eigenvalue weighted by molar-refractivity contribution is 6.09. The van der Waals surface area contributed by atoms with E-state index in [2.05, 4.69) is 24.3 Å². The Morgan fingerprint density at radius 3 is 1.12 bits per heavy atom. The fraction of sp³-hybridized carbons (Fsp3) is 0. The van der Waals surface area contributed by atoms with Crippen molar-refractivity contribution in [3.63, 3.8) is 0 Å². The van der Waals surface area contributed by atoms with Gasteiger partial charge in [0.25, 0.3) is 0 Å². The number of hydrogen-bond acceptors (Lipinski definition) is 3. The predicted molar refractivity (Wildman–Crippen MR) is 160 cm³/mol. The van der Waals surface area contributed by atoms with Gasteiger partial charge in [-0.15, -0.1) is 0 Å². The van der Waals surface area contributed by atoms with Gasteiger partial charge < -0.3 is 9.47 Å². The van der Waals surface area contributed by atoms with Gasteiger partial charge in [0.2, 0.25) is 0 Å². The van der Waals surface area contributed by atoms with Crippen LogP contribution in [-0.2, 0) is 0 Å². The van der Waals surface area contributed by atoms with E-state index in [1.165, 1.54) is 0 Å². The molecule has 0 saturated heterocycles. The lowest BCUT2D eigenvalue weighted by Gasteiger charge is -2.10. The van der Waals surface area contributed by atoms with Gasteiger partial charge in [0.1, 0.15) is 23.0 Å². The van der Waals surface area contributed by atoms with Gasteiger partial charge in [-0.05, 0) is 70.8 Å². The summed E-state index contributed by atoms with van der Waals surface area (Å²) in [6, 6.07) is 50.7. The van der Waals surface area contributed by atoms with Crippen molar-refractivity contribution in [2.45, 2.75) is 0 Å². The minimum Gasteiger partial charge on any atom is -0.457 e. The summed E-state index contributed by atoms with van der Waals surface area (Å²) in [5.74, 6) is 2.51. The molecule has 0 aliphatic rings. The van der Waals surface area contributed by atoms with E-state index in [1.54, 1.807) is 24.3 Å². The van der Waals surface area contributed by atoms with Gasteiger partial charge in [0, 0.05) is 11.1 Å². The molecule has 0 saturated carbocycles. The molecule has 0 radical (unpaired) electrons.